The number of hydrogen-bond donors (Lipinski definition) is 2. The van der Waals surface area contributed by atoms with Crippen molar-refractivity contribution in [3.63, 3.8) is 0 Å². The van der Waals surface area contributed by atoms with Gasteiger partial charge in [0.25, 0.3) is 0 Å². The minimum absolute atomic E-state index is 0.0347. The molecule has 0 saturated heterocycles. The maximum Gasteiger partial charge on any atom is 0.358 e. The molecule has 3 aromatic heterocycles. The number of benzene rings is 1. The lowest BCUT2D eigenvalue weighted by molar-refractivity contribution is 0.0691. The van der Waals surface area contributed by atoms with E-state index in [1.165, 1.54) is 17.9 Å². The monoisotopic (exact) mass is 437 g/mol. The van der Waals surface area contributed by atoms with E-state index in [1.807, 2.05) is 32.0 Å². The van der Waals surface area contributed by atoms with Crippen molar-refractivity contribution in [2.24, 2.45) is 0 Å². The largest absolute Gasteiger partial charge is 0.476 e. The van der Waals surface area contributed by atoms with Crippen LogP contribution in [0.4, 0.5) is 5.82 Å². The first-order chi connectivity index (χ1) is 15.1. The Hall–Kier alpha value is -4.21. The number of oxazole rings is 1. The zero-order valence-electron chi connectivity index (χ0n) is 18.1. The average Bonchev–Trinajstić information content (AvgIpc) is 3.42. The second-order valence-electron chi connectivity index (χ2n) is 7.21. The Balaban J connectivity index is 0.000000182. The van der Waals surface area contributed by atoms with Gasteiger partial charge in [-0.1, -0.05) is 17.2 Å². The number of nitrogens with two attached hydrogens (primary N) is 1. The number of carbonyl (C=O) groups is 2. The molecule has 166 valence electrons. The van der Waals surface area contributed by atoms with Crippen molar-refractivity contribution in [2.75, 3.05) is 5.73 Å². The summed E-state index contributed by atoms with van der Waals surface area (Å²) >= 11 is 0. The highest BCUT2D eigenvalue weighted by Gasteiger charge is 2.19. The summed E-state index contributed by atoms with van der Waals surface area (Å²) < 4.78 is 10.6. The van der Waals surface area contributed by atoms with E-state index in [1.54, 1.807) is 19.1 Å². The number of anilines is 1. The molecule has 0 spiro atoms. The first-order valence-corrected chi connectivity index (χ1v) is 9.67. The number of hydrogen-bond acceptors (Lipinski definition) is 8. The van der Waals surface area contributed by atoms with E-state index in [9.17, 15) is 9.59 Å². The molecule has 3 N–H and O–H groups in total. The summed E-state index contributed by atoms with van der Waals surface area (Å²) in [7, 11) is 0. The molecule has 0 aliphatic rings. The normalized spacial score (nSPS) is 10.5. The van der Waals surface area contributed by atoms with E-state index >= 15 is 0 Å². The maximum absolute atomic E-state index is 11.1. The predicted molar refractivity (Wildman–Crippen MR) is 115 cm³/mol. The van der Waals surface area contributed by atoms with Crippen LogP contribution in [0.5, 0.6) is 0 Å². The molecule has 0 bridgehead atoms. The fourth-order valence-electron chi connectivity index (χ4n) is 3.05. The Morgan fingerprint density at radius 2 is 1.78 bits per heavy atom. The number of ketones is 1. The lowest BCUT2D eigenvalue weighted by atomic mass is 10.0. The number of nitrogen functional groups attached to an aromatic ring is 1. The summed E-state index contributed by atoms with van der Waals surface area (Å²) in [6, 6.07) is 9.15. The standard InChI is InChI=1S/C13H13NO3.C9H10N4O2/c1-7-4-8(2)6-10(5-7)12-11(13(15)16)14-9(3)17-12;1-6(14)8-3-2-7(15-8)5-13-11-4-9(10)12-13/h4-6H,1-3H3,(H,15,16);2-4H,5H2,1H3,(H2,10,12). The van der Waals surface area contributed by atoms with Crippen LogP contribution >= 0.6 is 0 Å². The Kier molecular flexibility index (Phi) is 6.53. The van der Waals surface area contributed by atoms with Gasteiger partial charge in [0.05, 0.1) is 6.20 Å². The van der Waals surface area contributed by atoms with Crippen LogP contribution in [0.2, 0.25) is 0 Å². The number of aromatic nitrogens is 4. The van der Waals surface area contributed by atoms with Crippen molar-refractivity contribution in [3.8, 4) is 11.3 Å². The molecule has 0 saturated carbocycles. The number of carboxylic acid groups (broad SMARTS) is 1. The second-order valence-corrected chi connectivity index (χ2v) is 7.21. The minimum atomic E-state index is -1.07. The lowest BCUT2D eigenvalue weighted by Crippen LogP contribution is -2.03. The van der Waals surface area contributed by atoms with E-state index in [0.29, 0.717) is 35.5 Å². The van der Waals surface area contributed by atoms with Crippen LogP contribution in [0, 0.1) is 20.8 Å². The summed E-state index contributed by atoms with van der Waals surface area (Å²) in [4.78, 5) is 27.3. The number of furan rings is 1. The molecule has 1 aromatic carbocycles. The third kappa shape index (κ3) is 5.48. The minimum Gasteiger partial charge on any atom is -0.476 e. The molecular weight excluding hydrogens is 414 g/mol. The van der Waals surface area contributed by atoms with E-state index in [4.69, 9.17) is 19.7 Å². The van der Waals surface area contributed by atoms with Gasteiger partial charge in [-0.05, 0) is 38.1 Å². The number of nitrogens with zero attached hydrogens (tertiary/aromatic N) is 4. The molecule has 32 heavy (non-hydrogen) atoms. The van der Waals surface area contributed by atoms with Crippen molar-refractivity contribution in [1.82, 2.24) is 20.0 Å². The number of carbonyl (C=O) groups excluding carboxylic acids is 1. The number of aromatic carboxylic acids is 1. The van der Waals surface area contributed by atoms with Gasteiger partial charge in [0.15, 0.2) is 34.7 Å². The summed E-state index contributed by atoms with van der Waals surface area (Å²) in [6.45, 7) is 7.37. The van der Waals surface area contributed by atoms with Crippen molar-refractivity contribution in [1.29, 1.82) is 0 Å². The van der Waals surface area contributed by atoms with Crippen LogP contribution < -0.4 is 5.73 Å². The van der Waals surface area contributed by atoms with Gasteiger partial charge in [0.2, 0.25) is 0 Å². The highest BCUT2D eigenvalue weighted by atomic mass is 16.4. The van der Waals surface area contributed by atoms with Gasteiger partial charge in [-0.15, -0.1) is 5.10 Å². The molecule has 4 aromatic rings. The molecular formula is C22H23N5O5. The van der Waals surface area contributed by atoms with Gasteiger partial charge in [0, 0.05) is 19.4 Å². The number of rotatable bonds is 5. The Morgan fingerprint density at radius 3 is 2.31 bits per heavy atom. The second kappa shape index (κ2) is 9.29. The third-order valence-electron chi connectivity index (χ3n) is 4.28. The molecule has 0 amide bonds. The smallest absolute Gasteiger partial charge is 0.358 e. The Morgan fingerprint density at radius 1 is 1.09 bits per heavy atom. The molecule has 10 nitrogen and oxygen atoms in total. The summed E-state index contributed by atoms with van der Waals surface area (Å²) in [6.07, 6.45) is 1.45. The fraction of sp³-hybridized carbons (Fsp3) is 0.227. The summed E-state index contributed by atoms with van der Waals surface area (Å²) in [5.74, 6) is 0.817. The molecule has 4 rings (SSSR count). The Labute approximate surface area is 183 Å². The van der Waals surface area contributed by atoms with Crippen LogP contribution in [0.25, 0.3) is 11.3 Å². The highest BCUT2D eigenvalue weighted by molar-refractivity contribution is 5.92. The maximum atomic E-state index is 11.1. The molecule has 0 atom stereocenters. The SMILES string of the molecule is CC(=O)c1ccc(Cn2ncc(N)n2)o1.Cc1cc(C)cc(-c2oc(C)nc2C(=O)O)c1. The van der Waals surface area contributed by atoms with Gasteiger partial charge in [0.1, 0.15) is 12.3 Å². The zero-order chi connectivity index (χ0) is 23.4. The molecule has 0 aliphatic heterocycles. The fourth-order valence-corrected chi connectivity index (χ4v) is 3.05. The van der Waals surface area contributed by atoms with Crippen LogP contribution in [0.15, 0.2) is 45.4 Å². The predicted octanol–water partition coefficient (Wildman–Crippen LogP) is 3.67. The Bertz CT molecular complexity index is 1250. The van der Waals surface area contributed by atoms with Crippen LogP contribution in [-0.4, -0.2) is 36.8 Å². The van der Waals surface area contributed by atoms with E-state index in [-0.39, 0.29) is 11.5 Å². The van der Waals surface area contributed by atoms with E-state index < -0.39 is 5.97 Å². The molecule has 0 radical (unpaired) electrons. The average molecular weight is 437 g/mol. The van der Waals surface area contributed by atoms with Crippen molar-refractivity contribution in [3.05, 3.63) is 70.8 Å². The summed E-state index contributed by atoms with van der Waals surface area (Å²) in [5.41, 5.74) is 8.24. The van der Waals surface area contributed by atoms with E-state index in [2.05, 4.69) is 15.2 Å². The molecule has 0 unspecified atom stereocenters. The van der Waals surface area contributed by atoms with Crippen LogP contribution in [-0.2, 0) is 6.54 Å². The van der Waals surface area contributed by atoms with Crippen molar-refractivity contribution >= 4 is 17.6 Å². The third-order valence-corrected chi connectivity index (χ3v) is 4.28. The molecule has 0 fully saturated rings. The quantitative estimate of drug-likeness (QED) is 0.446. The lowest BCUT2D eigenvalue weighted by Gasteiger charge is -2.02. The number of carboxylic acids is 1. The highest BCUT2D eigenvalue weighted by Crippen LogP contribution is 2.26. The van der Waals surface area contributed by atoms with Gasteiger partial charge < -0.3 is 19.7 Å². The zero-order valence-corrected chi connectivity index (χ0v) is 18.1. The van der Waals surface area contributed by atoms with Gasteiger partial charge in [-0.2, -0.15) is 9.90 Å². The van der Waals surface area contributed by atoms with Crippen molar-refractivity contribution < 1.29 is 23.5 Å². The number of Topliss-reactive ketones (excluding diaryl/α,β-unsaturated/α-hetero) is 1. The van der Waals surface area contributed by atoms with Gasteiger partial charge in [-0.3, -0.25) is 4.79 Å². The topological polar surface area (TPSA) is 150 Å². The molecule has 10 heteroatoms. The van der Waals surface area contributed by atoms with Crippen LogP contribution in [0.1, 0.15) is 50.7 Å². The first-order valence-electron chi connectivity index (χ1n) is 9.67. The van der Waals surface area contributed by atoms with Crippen molar-refractivity contribution in [2.45, 2.75) is 34.2 Å². The molecule has 3 heterocycles. The molecule has 0 aliphatic carbocycles. The van der Waals surface area contributed by atoms with Gasteiger partial charge in [-0.25, -0.2) is 9.78 Å². The van der Waals surface area contributed by atoms with Gasteiger partial charge >= 0.3 is 5.97 Å². The van der Waals surface area contributed by atoms with E-state index in [0.717, 1.165) is 16.7 Å². The first kappa shape index (κ1) is 22.5. The number of aryl methyl sites for hydroxylation is 3. The van der Waals surface area contributed by atoms with Crippen LogP contribution in [0.3, 0.4) is 0 Å². The summed E-state index contributed by atoms with van der Waals surface area (Å²) in [5, 5.41) is 16.9.